The molecule has 2 heterocycles. The van der Waals surface area contributed by atoms with E-state index in [4.69, 9.17) is 9.84 Å². The molecule has 0 amide bonds. The maximum atomic E-state index is 12.2. The summed E-state index contributed by atoms with van der Waals surface area (Å²) < 4.78 is 17.5. The van der Waals surface area contributed by atoms with E-state index < -0.39 is 16.8 Å². The maximum Gasteiger partial charge on any atom is 0.345 e. The summed E-state index contributed by atoms with van der Waals surface area (Å²) >= 11 is 1.25. The summed E-state index contributed by atoms with van der Waals surface area (Å²) in [5.74, 6) is -0.452. The van der Waals surface area contributed by atoms with Crippen LogP contribution in [0.15, 0.2) is 6.07 Å². The van der Waals surface area contributed by atoms with E-state index in [-0.39, 0.29) is 5.25 Å². The Balaban J connectivity index is 2.04. The highest BCUT2D eigenvalue weighted by atomic mass is 32.2. The molecular weight excluding hydrogens is 272 g/mol. The number of carbonyl (C=O) groups is 1. The molecule has 18 heavy (non-hydrogen) atoms. The van der Waals surface area contributed by atoms with E-state index >= 15 is 0 Å². The van der Waals surface area contributed by atoms with Crippen LogP contribution < -0.4 is 0 Å². The van der Waals surface area contributed by atoms with Gasteiger partial charge in [0, 0.05) is 39.9 Å². The Morgan fingerprint density at radius 2 is 2.22 bits per heavy atom. The van der Waals surface area contributed by atoms with Crippen LogP contribution in [0.5, 0.6) is 0 Å². The lowest BCUT2D eigenvalue weighted by atomic mass is 10.2. The molecule has 6 heteroatoms. The lowest BCUT2D eigenvalue weighted by Crippen LogP contribution is -2.25. The molecule has 1 N–H and O–H groups in total. The average Bonchev–Trinajstić information content (AvgIpc) is 2.72. The van der Waals surface area contributed by atoms with E-state index in [1.807, 2.05) is 6.92 Å². The molecule has 1 atom stereocenters. The summed E-state index contributed by atoms with van der Waals surface area (Å²) in [7, 11) is -0.934. The third-order valence-electron chi connectivity index (χ3n) is 3.07. The van der Waals surface area contributed by atoms with E-state index in [1.54, 1.807) is 6.07 Å². The molecule has 1 aliphatic heterocycles. The van der Waals surface area contributed by atoms with Gasteiger partial charge in [-0.2, -0.15) is 0 Å². The van der Waals surface area contributed by atoms with E-state index in [2.05, 4.69) is 0 Å². The van der Waals surface area contributed by atoms with Crippen molar-refractivity contribution < 1.29 is 18.8 Å². The Morgan fingerprint density at radius 1 is 1.56 bits per heavy atom. The van der Waals surface area contributed by atoms with Gasteiger partial charge in [0.15, 0.2) is 0 Å². The van der Waals surface area contributed by atoms with Crippen LogP contribution in [0.4, 0.5) is 0 Å². The lowest BCUT2D eigenvalue weighted by Gasteiger charge is -2.21. The number of aromatic carboxylic acids is 1. The van der Waals surface area contributed by atoms with E-state index in [1.165, 1.54) is 11.3 Å². The molecular formula is C12H16O4S2. The first-order valence-corrected chi connectivity index (χ1v) is 8.05. The second-order valence-electron chi connectivity index (χ2n) is 4.33. The van der Waals surface area contributed by atoms with Crippen molar-refractivity contribution in [1.29, 1.82) is 0 Å². The second-order valence-corrected chi connectivity index (χ2v) is 7.31. The Kier molecular flexibility index (Phi) is 4.53. The Hall–Kier alpha value is -0.720. The van der Waals surface area contributed by atoms with Gasteiger partial charge in [0.25, 0.3) is 0 Å². The quantitative estimate of drug-likeness (QED) is 0.922. The molecule has 1 saturated heterocycles. The highest BCUT2D eigenvalue weighted by molar-refractivity contribution is 7.84. The largest absolute Gasteiger partial charge is 0.477 e. The van der Waals surface area contributed by atoms with Crippen molar-refractivity contribution in [2.45, 2.75) is 30.8 Å². The van der Waals surface area contributed by atoms with E-state index in [0.29, 0.717) is 23.8 Å². The average molecular weight is 288 g/mol. The van der Waals surface area contributed by atoms with Crippen LogP contribution in [0.3, 0.4) is 0 Å². The smallest absolute Gasteiger partial charge is 0.345 e. The van der Waals surface area contributed by atoms with Crippen LogP contribution in [-0.2, 0) is 21.3 Å². The summed E-state index contributed by atoms with van der Waals surface area (Å²) in [6, 6.07) is 1.65. The van der Waals surface area contributed by atoms with Gasteiger partial charge in [0.1, 0.15) is 4.88 Å². The van der Waals surface area contributed by atoms with Crippen LogP contribution in [0, 0.1) is 6.92 Å². The lowest BCUT2D eigenvalue weighted by molar-refractivity contribution is 0.0702. The van der Waals surface area contributed by atoms with Gasteiger partial charge in [-0.15, -0.1) is 11.3 Å². The van der Waals surface area contributed by atoms with Crippen molar-refractivity contribution in [2.75, 3.05) is 13.2 Å². The number of carboxylic acids is 1. The Morgan fingerprint density at radius 3 is 2.78 bits per heavy atom. The number of carboxylic acid groups (broad SMARTS) is 1. The summed E-state index contributed by atoms with van der Waals surface area (Å²) in [5.41, 5.74) is 0.905. The van der Waals surface area contributed by atoms with Crippen molar-refractivity contribution in [2.24, 2.45) is 0 Å². The van der Waals surface area contributed by atoms with Crippen molar-refractivity contribution in [1.82, 2.24) is 0 Å². The fourth-order valence-corrected chi connectivity index (χ4v) is 4.51. The third kappa shape index (κ3) is 3.18. The summed E-state index contributed by atoms with van der Waals surface area (Å²) in [6.07, 6.45) is 1.67. The van der Waals surface area contributed by atoms with Crippen molar-refractivity contribution in [3.63, 3.8) is 0 Å². The second kappa shape index (κ2) is 5.95. The molecule has 1 aromatic heterocycles. The standard InChI is InChI=1S/C12H16O4S2/c1-8-9(6-11(17-8)12(13)14)7-18(15)10-2-4-16-5-3-10/h6,10H,2-5,7H2,1H3,(H,13,14). The molecule has 0 aliphatic carbocycles. The Labute approximate surface area is 112 Å². The predicted octanol–water partition coefficient (Wildman–Crippen LogP) is 2.18. The molecule has 2 rings (SSSR count). The summed E-state index contributed by atoms with van der Waals surface area (Å²) in [4.78, 5) is 12.1. The fraction of sp³-hybridized carbons (Fsp3) is 0.583. The number of ether oxygens (including phenoxy) is 1. The molecule has 0 bridgehead atoms. The monoisotopic (exact) mass is 288 g/mol. The van der Waals surface area contributed by atoms with Gasteiger partial charge in [-0.25, -0.2) is 4.79 Å². The normalized spacial score (nSPS) is 18.7. The molecule has 0 saturated carbocycles. The third-order valence-corrected chi connectivity index (χ3v) is 5.96. The first-order valence-electron chi connectivity index (χ1n) is 5.85. The SMILES string of the molecule is Cc1sc(C(=O)O)cc1CS(=O)C1CCOCC1. The van der Waals surface area contributed by atoms with Crippen LogP contribution in [0.25, 0.3) is 0 Å². The number of hydrogen-bond donors (Lipinski definition) is 1. The first-order chi connectivity index (χ1) is 8.58. The molecule has 4 nitrogen and oxygen atoms in total. The highest BCUT2D eigenvalue weighted by Gasteiger charge is 2.22. The van der Waals surface area contributed by atoms with Gasteiger partial charge in [-0.05, 0) is 31.4 Å². The van der Waals surface area contributed by atoms with Gasteiger partial charge in [-0.3, -0.25) is 4.21 Å². The van der Waals surface area contributed by atoms with Crippen LogP contribution in [-0.4, -0.2) is 33.7 Å². The first kappa shape index (κ1) is 13.7. The van der Waals surface area contributed by atoms with E-state index in [0.717, 1.165) is 23.3 Å². The van der Waals surface area contributed by atoms with E-state index in [9.17, 15) is 9.00 Å². The molecule has 100 valence electrons. The number of thiophene rings is 1. The predicted molar refractivity (Wildman–Crippen MR) is 71.7 cm³/mol. The minimum atomic E-state index is -0.934. The number of aryl methyl sites for hydroxylation is 1. The van der Waals surface area contributed by atoms with Gasteiger partial charge in [-0.1, -0.05) is 0 Å². The van der Waals surface area contributed by atoms with Crippen molar-refractivity contribution in [3.8, 4) is 0 Å². The zero-order valence-corrected chi connectivity index (χ0v) is 11.8. The van der Waals surface area contributed by atoms with Crippen molar-refractivity contribution in [3.05, 3.63) is 21.4 Å². The van der Waals surface area contributed by atoms with Crippen LogP contribution in [0.1, 0.15) is 33.0 Å². The Bertz CT molecular complexity index is 461. The number of hydrogen-bond acceptors (Lipinski definition) is 4. The van der Waals surface area contributed by atoms with Gasteiger partial charge in [0.05, 0.1) is 0 Å². The molecule has 1 aromatic rings. The topological polar surface area (TPSA) is 63.6 Å². The molecule has 0 aromatic carbocycles. The highest BCUT2D eigenvalue weighted by Crippen LogP contribution is 2.25. The summed E-state index contributed by atoms with van der Waals surface area (Å²) in [5, 5.41) is 9.11. The molecule has 1 aliphatic rings. The van der Waals surface area contributed by atoms with Gasteiger partial charge < -0.3 is 9.84 Å². The van der Waals surface area contributed by atoms with Gasteiger partial charge in [0.2, 0.25) is 0 Å². The molecule has 1 fully saturated rings. The minimum Gasteiger partial charge on any atom is -0.477 e. The zero-order chi connectivity index (χ0) is 13.1. The van der Waals surface area contributed by atoms with Crippen LogP contribution >= 0.6 is 11.3 Å². The van der Waals surface area contributed by atoms with Gasteiger partial charge >= 0.3 is 5.97 Å². The van der Waals surface area contributed by atoms with Crippen LogP contribution in [0.2, 0.25) is 0 Å². The maximum absolute atomic E-state index is 12.2. The zero-order valence-electron chi connectivity index (χ0n) is 10.2. The van der Waals surface area contributed by atoms with Crippen molar-refractivity contribution >= 4 is 28.1 Å². The molecule has 0 spiro atoms. The molecule has 1 unspecified atom stereocenters. The summed E-state index contributed by atoms with van der Waals surface area (Å²) in [6.45, 7) is 3.24. The fourth-order valence-electron chi connectivity index (χ4n) is 1.98. The minimum absolute atomic E-state index is 0.186. The number of rotatable bonds is 4. The molecule has 0 radical (unpaired) electrons.